The van der Waals surface area contributed by atoms with E-state index < -0.39 is 0 Å². The fourth-order valence-corrected chi connectivity index (χ4v) is 1.90. The number of anilines is 1. The van der Waals surface area contributed by atoms with Crippen molar-refractivity contribution in [3.8, 4) is 23.4 Å². The topological polar surface area (TPSA) is 85.4 Å². The van der Waals surface area contributed by atoms with Gasteiger partial charge in [0.2, 0.25) is 0 Å². The van der Waals surface area contributed by atoms with Crippen molar-refractivity contribution >= 4 is 16.5 Å². The molecular weight excluding hydrogens is 246 g/mol. The number of hydrogen-bond acceptors (Lipinski definition) is 6. The summed E-state index contributed by atoms with van der Waals surface area (Å²) in [6.07, 6.45) is 4.76. The molecule has 0 saturated heterocycles. The van der Waals surface area contributed by atoms with Crippen molar-refractivity contribution in [1.82, 2.24) is 9.97 Å². The van der Waals surface area contributed by atoms with Crippen LogP contribution >= 0.6 is 11.3 Å². The highest BCUT2D eigenvalue weighted by Gasteiger charge is 2.03. The summed E-state index contributed by atoms with van der Waals surface area (Å²) >= 11 is 1.39. The average molecular weight is 253 g/mol. The number of rotatable bonds is 3. The number of nitrogens with zero attached hydrogens (tertiary/aromatic N) is 4. The lowest BCUT2D eigenvalue weighted by molar-refractivity contribution is 1.30. The van der Waals surface area contributed by atoms with E-state index in [1.165, 1.54) is 17.5 Å². The first-order valence-corrected chi connectivity index (χ1v) is 5.84. The summed E-state index contributed by atoms with van der Waals surface area (Å²) in [4.78, 5) is 8.34. The molecule has 0 saturated carbocycles. The molecule has 0 fully saturated rings. The third-order valence-corrected chi connectivity index (χ3v) is 2.82. The van der Waals surface area contributed by atoms with Gasteiger partial charge in [-0.05, 0) is 12.1 Å². The quantitative estimate of drug-likeness (QED) is 0.849. The van der Waals surface area contributed by atoms with Crippen LogP contribution in [0.3, 0.4) is 0 Å². The number of thiazole rings is 1. The molecule has 2 aromatic rings. The molecule has 0 radical (unpaired) electrons. The molecule has 5 nitrogen and oxygen atoms in total. The Hall–Kier alpha value is -2.70. The Morgan fingerprint density at radius 1 is 1.39 bits per heavy atom. The van der Waals surface area contributed by atoms with Crippen molar-refractivity contribution in [1.29, 1.82) is 10.5 Å². The van der Waals surface area contributed by atoms with Gasteiger partial charge in [-0.1, -0.05) is 0 Å². The highest BCUT2D eigenvalue weighted by molar-refractivity contribution is 7.14. The SMILES string of the molecule is N#CC(C#N)=CNc1nc(-c2cccnc2)cs1. The minimum Gasteiger partial charge on any atom is -0.336 e. The normalized spacial score (nSPS) is 9.00. The fraction of sp³-hybridized carbons (Fsp3) is 0. The van der Waals surface area contributed by atoms with Gasteiger partial charge in [0.15, 0.2) is 5.13 Å². The van der Waals surface area contributed by atoms with Gasteiger partial charge in [-0.25, -0.2) is 4.98 Å². The molecule has 86 valence electrons. The van der Waals surface area contributed by atoms with Gasteiger partial charge in [0, 0.05) is 29.5 Å². The van der Waals surface area contributed by atoms with Crippen LogP contribution in [0.4, 0.5) is 5.13 Å². The Labute approximate surface area is 108 Å². The van der Waals surface area contributed by atoms with Crippen LogP contribution in [0.15, 0.2) is 41.7 Å². The Balaban J connectivity index is 2.16. The molecule has 0 aliphatic heterocycles. The van der Waals surface area contributed by atoms with Crippen molar-refractivity contribution in [2.24, 2.45) is 0 Å². The molecule has 1 N–H and O–H groups in total. The zero-order valence-electron chi connectivity index (χ0n) is 9.16. The summed E-state index contributed by atoms with van der Waals surface area (Å²) in [5, 5.41) is 22.5. The van der Waals surface area contributed by atoms with Crippen molar-refractivity contribution in [3.05, 3.63) is 41.7 Å². The van der Waals surface area contributed by atoms with E-state index in [0.29, 0.717) is 5.13 Å². The predicted molar refractivity (Wildman–Crippen MR) is 68.3 cm³/mol. The minimum atomic E-state index is 0.00753. The van der Waals surface area contributed by atoms with E-state index in [2.05, 4.69) is 15.3 Å². The second kappa shape index (κ2) is 5.58. The molecule has 6 heteroatoms. The fourth-order valence-electron chi connectivity index (χ4n) is 1.21. The first-order chi connectivity index (χ1) is 8.83. The smallest absolute Gasteiger partial charge is 0.187 e. The van der Waals surface area contributed by atoms with Crippen molar-refractivity contribution in [2.75, 3.05) is 5.32 Å². The molecule has 2 heterocycles. The minimum absolute atomic E-state index is 0.00753. The third kappa shape index (κ3) is 2.70. The highest BCUT2D eigenvalue weighted by Crippen LogP contribution is 2.24. The molecular formula is C12H7N5S. The molecule has 0 aromatic carbocycles. The van der Waals surface area contributed by atoms with E-state index in [9.17, 15) is 0 Å². The Morgan fingerprint density at radius 3 is 2.89 bits per heavy atom. The summed E-state index contributed by atoms with van der Waals surface area (Å²) in [6, 6.07) is 7.28. The molecule has 0 atom stereocenters. The average Bonchev–Trinajstić information content (AvgIpc) is 2.90. The van der Waals surface area contributed by atoms with Crippen LogP contribution in [0.5, 0.6) is 0 Å². The molecule has 0 aliphatic carbocycles. The van der Waals surface area contributed by atoms with Crippen LogP contribution < -0.4 is 5.32 Å². The molecule has 0 spiro atoms. The predicted octanol–water partition coefficient (Wildman–Crippen LogP) is 2.55. The van der Waals surface area contributed by atoms with E-state index in [1.54, 1.807) is 24.5 Å². The van der Waals surface area contributed by atoms with Crippen molar-refractivity contribution < 1.29 is 0 Å². The van der Waals surface area contributed by atoms with E-state index in [0.717, 1.165) is 11.3 Å². The number of nitrogens with one attached hydrogen (secondary N) is 1. The van der Waals surface area contributed by atoms with Crippen LogP contribution in [-0.4, -0.2) is 9.97 Å². The third-order valence-electron chi connectivity index (χ3n) is 2.04. The number of hydrogen-bond donors (Lipinski definition) is 1. The number of pyridine rings is 1. The lowest BCUT2D eigenvalue weighted by atomic mass is 10.2. The van der Waals surface area contributed by atoms with Gasteiger partial charge in [-0.15, -0.1) is 11.3 Å². The van der Waals surface area contributed by atoms with E-state index >= 15 is 0 Å². The van der Waals surface area contributed by atoms with Crippen LogP contribution in [0.2, 0.25) is 0 Å². The second-order valence-electron chi connectivity index (χ2n) is 3.21. The van der Waals surface area contributed by atoms with Gasteiger partial charge in [0.1, 0.15) is 17.7 Å². The standard InChI is InChI=1S/C12H7N5S/c13-4-9(5-14)6-16-12-17-11(8-18-12)10-2-1-3-15-7-10/h1-3,6-8H,(H,16,17). The summed E-state index contributed by atoms with van der Waals surface area (Å²) in [5.74, 6) is 0. The monoisotopic (exact) mass is 253 g/mol. The van der Waals surface area contributed by atoms with E-state index in [4.69, 9.17) is 10.5 Å². The largest absolute Gasteiger partial charge is 0.336 e. The Bertz CT molecular complexity index is 629. The Kier molecular flexibility index (Phi) is 3.65. The maximum absolute atomic E-state index is 8.58. The van der Waals surface area contributed by atoms with Crippen molar-refractivity contribution in [3.63, 3.8) is 0 Å². The van der Waals surface area contributed by atoms with Gasteiger partial charge in [-0.3, -0.25) is 4.98 Å². The van der Waals surface area contributed by atoms with Crippen LogP contribution in [0.25, 0.3) is 11.3 Å². The lowest BCUT2D eigenvalue weighted by Gasteiger charge is -1.94. The van der Waals surface area contributed by atoms with Gasteiger partial charge in [-0.2, -0.15) is 10.5 Å². The zero-order chi connectivity index (χ0) is 12.8. The lowest BCUT2D eigenvalue weighted by Crippen LogP contribution is -1.89. The maximum atomic E-state index is 8.58. The number of allylic oxidation sites excluding steroid dienone is 1. The summed E-state index contributed by atoms with van der Waals surface area (Å²) in [5.41, 5.74) is 1.74. The van der Waals surface area contributed by atoms with Gasteiger partial charge in [0.25, 0.3) is 0 Å². The number of aromatic nitrogens is 2. The summed E-state index contributed by atoms with van der Waals surface area (Å²) in [6.45, 7) is 0. The van der Waals surface area contributed by atoms with Gasteiger partial charge in [0.05, 0.1) is 5.69 Å². The Morgan fingerprint density at radius 2 is 2.22 bits per heavy atom. The van der Waals surface area contributed by atoms with Crippen LogP contribution in [0.1, 0.15) is 0 Å². The first-order valence-electron chi connectivity index (χ1n) is 4.96. The van der Waals surface area contributed by atoms with Crippen LogP contribution in [-0.2, 0) is 0 Å². The summed E-state index contributed by atoms with van der Waals surface area (Å²) in [7, 11) is 0. The van der Waals surface area contributed by atoms with E-state index in [1.807, 2.05) is 17.5 Å². The van der Waals surface area contributed by atoms with Crippen LogP contribution in [0, 0.1) is 22.7 Å². The van der Waals surface area contributed by atoms with Gasteiger partial charge >= 0.3 is 0 Å². The first kappa shape index (κ1) is 11.8. The summed E-state index contributed by atoms with van der Waals surface area (Å²) < 4.78 is 0. The number of nitriles is 2. The molecule has 2 rings (SSSR count). The van der Waals surface area contributed by atoms with Crippen molar-refractivity contribution in [2.45, 2.75) is 0 Å². The molecule has 0 bridgehead atoms. The zero-order valence-corrected chi connectivity index (χ0v) is 9.98. The molecule has 0 unspecified atom stereocenters. The van der Waals surface area contributed by atoms with Gasteiger partial charge < -0.3 is 5.32 Å². The molecule has 0 amide bonds. The second-order valence-corrected chi connectivity index (χ2v) is 4.06. The van der Waals surface area contributed by atoms with E-state index in [-0.39, 0.29) is 5.57 Å². The molecule has 18 heavy (non-hydrogen) atoms. The highest BCUT2D eigenvalue weighted by atomic mass is 32.1. The molecule has 2 aromatic heterocycles. The maximum Gasteiger partial charge on any atom is 0.187 e. The molecule has 0 aliphatic rings.